The van der Waals surface area contributed by atoms with Gasteiger partial charge in [-0.1, -0.05) is 0 Å². The number of amides is 1. The number of carbonyl (C=O) groups is 1. The van der Waals surface area contributed by atoms with E-state index in [2.05, 4.69) is 25.5 Å². The van der Waals surface area contributed by atoms with E-state index in [4.69, 9.17) is 0 Å². The second-order valence-corrected chi connectivity index (χ2v) is 8.39. The molecule has 0 fully saturated rings. The van der Waals surface area contributed by atoms with Gasteiger partial charge in [0.1, 0.15) is 17.7 Å². The van der Waals surface area contributed by atoms with Crippen LogP contribution in [0.3, 0.4) is 0 Å². The van der Waals surface area contributed by atoms with E-state index in [-0.39, 0.29) is 5.91 Å². The number of fused-ring (bicyclic) bond motifs is 1. The Morgan fingerprint density at radius 2 is 2.17 bits per heavy atom. The molecule has 5 rings (SSSR count). The maximum absolute atomic E-state index is 12.4. The van der Waals surface area contributed by atoms with Gasteiger partial charge >= 0.3 is 5.48 Å². The SMILES string of the molecule is Cn1cc(-c2cnc3[n+](c2)=NCC=3c2csc(C(=O)NCc3nccs3)c2)cn1. The molecule has 1 N–H and O–H groups in total. The van der Waals surface area contributed by atoms with Crippen molar-refractivity contribution in [1.82, 2.24) is 25.1 Å². The van der Waals surface area contributed by atoms with Crippen LogP contribution < -0.4 is 15.2 Å². The van der Waals surface area contributed by atoms with Crippen LogP contribution >= 0.6 is 22.7 Å². The average Bonchev–Trinajstić information content (AvgIpc) is 3.52. The molecule has 10 heteroatoms. The number of carbonyl (C=O) groups excluding carboxylic acids is 1. The van der Waals surface area contributed by atoms with Gasteiger partial charge in [0.05, 0.1) is 28.8 Å². The molecule has 0 radical (unpaired) electrons. The van der Waals surface area contributed by atoms with Gasteiger partial charge in [0, 0.05) is 30.4 Å². The summed E-state index contributed by atoms with van der Waals surface area (Å²) in [5.41, 5.74) is 4.74. The molecule has 144 valence electrons. The molecule has 0 bridgehead atoms. The maximum atomic E-state index is 12.4. The van der Waals surface area contributed by atoms with E-state index in [1.165, 1.54) is 22.7 Å². The predicted octanol–water partition coefficient (Wildman–Crippen LogP) is 1.46. The van der Waals surface area contributed by atoms with Crippen LogP contribution in [0.15, 0.2) is 52.9 Å². The Bertz CT molecular complexity index is 1320. The van der Waals surface area contributed by atoms with Gasteiger partial charge in [-0.05, 0) is 22.0 Å². The van der Waals surface area contributed by atoms with E-state index in [0.29, 0.717) is 18.0 Å². The van der Waals surface area contributed by atoms with Crippen molar-refractivity contribution >= 4 is 34.2 Å². The largest absolute Gasteiger partial charge is 0.353 e. The molecule has 0 aromatic carbocycles. The van der Waals surface area contributed by atoms with Gasteiger partial charge in [-0.25, -0.2) is 4.98 Å². The molecule has 0 spiro atoms. The van der Waals surface area contributed by atoms with E-state index < -0.39 is 0 Å². The van der Waals surface area contributed by atoms with Gasteiger partial charge in [-0.2, -0.15) is 5.10 Å². The second kappa shape index (κ2) is 7.30. The molecule has 1 amide bonds. The minimum Gasteiger partial charge on any atom is -0.345 e. The first kappa shape index (κ1) is 17.8. The van der Waals surface area contributed by atoms with Crippen molar-refractivity contribution in [2.45, 2.75) is 6.54 Å². The maximum Gasteiger partial charge on any atom is 0.353 e. The Balaban J connectivity index is 1.40. The molecule has 5 heterocycles. The smallest absolute Gasteiger partial charge is 0.345 e. The lowest BCUT2D eigenvalue weighted by Gasteiger charge is -1.99. The zero-order valence-electron chi connectivity index (χ0n) is 15.4. The van der Waals surface area contributed by atoms with Crippen LogP contribution in [-0.2, 0) is 13.6 Å². The van der Waals surface area contributed by atoms with Crippen molar-refractivity contribution in [3.05, 3.63) is 68.7 Å². The topological polar surface area (TPSA) is 91.0 Å². The lowest BCUT2D eigenvalue weighted by Crippen LogP contribution is -2.37. The minimum atomic E-state index is -0.0975. The molecule has 0 saturated carbocycles. The Hall–Kier alpha value is -3.24. The number of thiazole rings is 1. The quantitative estimate of drug-likeness (QED) is 0.493. The summed E-state index contributed by atoms with van der Waals surface area (Å²) in [5, 5.41) is 16.4. The second-order valence-electron chi connectivity index (χ2n) is 6.50. The summed E-state index contributed by atoms with van der Waals surface area (Å²) < 4.78 is 3.56. The third-order valence-electron chi connectivity index (χ3n) is 4.55. The summed E-state index contributed by atoms with van der Waals surface area (Å²) in [6.07, 6.45) is 9.27. The molecule has 29 heavy (non-hydrogen) atoms. The van der Waals surface area contributed by atoms with E-state index in [0.717, 1.165) is 32.8 Å². The predicted molar refractivity (Wildman–Crippen MR) is 109 cm³/mol. The van der Waals surface area contributed by atoms with Crippen LogP contribution in [0.1, 0.15) is 20.2 Å². The van der Waals surface area contributed by atoms with Crippen molar-refractivity contribution in [3.63, 3.8) is 0 Å². The van der Waals surface area contributed by atoms with Crippen molar-refractivity contribution in [2.75, 3.05) is 6.54 Å². The monoisotopic (exact) mass is 422 g/mol. The van der Waals surface area contributed by atoms with Crippen LogP contribution in [0, 0.1) is 0 Å². The lowest BCUT2D eigenvalue weighted by atomic mass is 10.1. The Morgan fingerprint density at radius 3 is 2.97 bits per heavy atom. The summed E-state index contributed by atoms with van der Waals surface area (Å²) in [5.74, 6) is -0.0975. The highest BCUT2D eigenvalue weighted by Gasteiger charge is 2.21. The van der Waals surface area contributed by atoms with E-state index in [9.17, 15) is 4.79 Å². The van der Waals surface area contributed by atoms with Gasteiger partial charge in [-0.15, -0.1) is 32.2 Å². The van der Waals surface area contributed by atoms with Gasteiger partial charge in [0.2, 0.25) is 0 Å². The summed E-state index contributed by atoms with van der Waals surface area (Å²) >= 11 is 2.94. The molecular weight excluding hydrogens is 406 g/mol. The van der Waals surface area contributed by atoms with Crippen LogP contribution in [0.4, 0.5) is 0 Å². The molecule has 4 aromatic heterocycles. The first-order valence-electron chi connectivity index (χ1n) is 8.87. The molecule has 1 aliphatic heterocycles. The fraction of sp³-hybridized carbons (Fsp3) is 0.158. The first-order chi connectivity index (χ1) is 14.2. The normalized spacial score (nSPS) is 12.7. The Labute approximate surface area is 173 Å². The number of rotatable bonds is 5. The molecule has 4 aromatic rings. The van der Waals surface area contributed by atoms with Crippen molar-refractivity contribution in [2.24, 2.45) is 12.2 Å². The summed E-state index contributed by atoms with van der Waals surface area (Å²) in [7, 11) is 1.88. The molecule has 8 nitrogen and oxygen atoms in total. The molecule has 0 atom stereocenters. The third kappa shape index (κ3) is 3.47. The minimum absolute atomic E-state index is 0.0975. The molecule has 0 unspecified atom stereocenters. The standard InChI is InChI=1S/C19H15N7OS2/c1-25-9-14(6-23-25)13-5-21-18-15(7-24-26(18)10-13)12-4-16(29-11-12)19(27)22-8-17-20-2-3-28-17/h2-6,9-11H,7-8H2,1H3/p+1. The summed E-state index contributed by atoms with van der Waals surface area (Å²) in [6, 6.07) is 1.90. The van der Waals surface area contributed by atoms with Gasteiger partial charge in [0.15, 0.2) is 6.20 Å². The zero-order chi connectivity index (χ0) is 19.8. The first-order valence-corrected chi connectivity index (χ1v) is 10.6. The number of hydrogen-bond acceptors (Lipinski definition) is 7. The number of aryl methyl sites for hydroxylation is 1. The number of thiophene rings is 1. The van der Waals surface area contributed by atoms with Gasteiger partial charge < -0.3 is 5.32 Å². The molecule has 0 saturated heterocycles. The number of nitrogens with one attached hydrogen (secondary N) is 1. The van der Waals surface area contributed by atoms with Crippen LogP contribution in [0.25, 0.3) is 16.7 Å². The van der Waals surface area contributed by atoms with Crippen LogP contribution in [0.2, 0.25) is 0 Å². The Morgan fingerprint density at radius 1 is 1.24 bits per heavy atom. The van der Waals surface area contributed by atoms with Crippen molar-refractivity contribution in [1.29, 1.82) is 0 Å². The molecule has 1 aliphatic rings. The highest BCUT2D eigenvalue weighted by molar-refractivity contribution is 7.12. The van der Waals surface area contributed by atoms with E-state index >= 15 is 0 Å². The van der Waals surface area contributed by atoms with Crippen LogP contribution in [-0.4, -0.2) is 32.2 Å². The number of nitrogens with zero attached hydrogens (tertiary/aromatic N) is 6. The van der Waals surface area contributed by atoms with E-state index in [1.54, 1.807) is 21.4 Å². The third-order valence-corrected chi connectivity index (χ3v) is 6.26. The van der Waals surface area contributed by atoms with Crippen molar-refractivity contribution < 1.29 is 9.16 Å². The zero-order valence-corrected chi connectivity index (χ0v) is 17.1. The van der Waals surface area contributed by atoms with Gasteiger partial charge in [0.25, 0.3) is 5.91 Å². The highest BCUT2D eigenvalue weighted by Crippen LogP contribution is 2.22. The van der Waals surface area contributed by atoms with Gasteiger partial charge in [-0.3, -0.25) is 9.48 Å². The van der Waals surface area contributed by atoms with E-state index in [1.807, 2.05) is 42.5 Å². The number of hydrogen-bond donors (Lipinski definition) is 1. The highest BCUT2D eigenvalue weighted by atomic mass is 32.1. The number of aromatic nitrogens is 5. The summed E-state index contributed by atoms with van der Waals surface area (Å²) in [6.45, 7) is 0.966. The van der Waals surface area contributed by atoms with Crippen LogP contribution in [0.5, 0.6) is 0 Å². The fourth-order valence-electron chi connectivity index (χ4n) is 3.09. The summed E-state index contributed by atoms with van der Waals surface area (Å²) in [4.78, 5) is 21.9. The van der Waals surface area contributed by atoms with Crippen molar-refractivity contribution in [3.8, 4) is 11.1 Å². The fourth-order valence-corrected chi connectivity index (χ4v) is 4.49. The average molecular weight is 423 g/mol. The lowest BCUT2D eigenvalue weighted by molar-refractivity contribution is -0.561. The molecular formula is C19H16N7OS2+. The molecule has 0 aliphatic carbocycles. The Kier molecular flexibility index (Phi) is 4.49.